The number of carbonyl (C=O) groups is 3. The van der Waals surface area contributed by atoms with Gasteiger partial charge in [0.05, 0.1) is 5.56 Å². The Balaban J connectivity index is 2.32. The highest BCUT2D eigenvalue weighted by Crippen LogP contribution is 2.20. The molecule has 1 aliphatic rings. The lowest BCUT2D eigenvalue weighted by atomic mass is 10.1. The van der Waals surface area contributed by atoms with Crippen LogP contribution in [0, 0.1) is 0 Å². The highest BCUT2D eigenvalue weighted by molar-refractivity contribution is 7.98. The van der Waals surface area contributed by atoms with Gasteiger partial charge in [-0.3, -0.25) is 19.7 Å². The van der Waals surface area contributed by atoms with Gasteiger partial charge in [0, 0.05) is 6.20 Å². The third-order valence-corrected chi connectivity index (χ3v) is 3.59. The standard InChI is InChI=1S/C12H13N3O3S/c1-7-10(17)14-9(16)6-15(7)12(18)8-4-3-5-13-11(8)19-2/h3-5,7H,6H2,1-2H3,(H,14,16,17). The van der Waals surface area contributed by atoms with Crippen LogP contribution >= 0.6 is 11.8 Å². The second kappa shape index (κ2) is 5.40. The predicted octanol–water partition coefficient (Wildman–Crippen LogP) is 0.291. The zero-order chi connectivity index (χ0) is 14.0. The molecule has 100 valence electrons. The van der Waals surface area contributed by atoms with Gasteiger partial charge < -0.3 is 4.90 Å². The van der Waals surface area contributed by atoms with E-state index in [0.717, 1.165) is 0 Å². The molecule has 2 heterocycles. The molecule has 19 heavy (non-hydrogen) atoms. The maximum atomic E-state index is 12.4. The van der Waals surface area contributed by atoms with Crippen molar-refractivity contribution in [3.8, 4) is 0 Å². The van der Waals surface area contributed by atoms with Crippen molar-refractivity contribution in [2.45, 2.75) is 18.0 Å². The summed E-state index contributed by atoms with van der Waals surface area (Å²) >= 11 is 1.35. The van der Waals surface area contributed by atoms with Crippen LogP contribution in [0.2, 0.25) is 0 Å². The van der Waals surface area contributed by atoms with E-state index in [-0.39, 0.29) is 12.5 Å². The Bertz CT molecular complexity index is 547. The van der Waals surface area contributed by atoms with Gasteiger partial charge in [0.1, 0.15) is 17.6 Å². The molecule has 0 aromatic carbocycles. The topological polar surface area (TPSA) is 79.4 Å². The van der Waals surface area contributed by atoms with E-state index >= 15 is 0 Å². The molecule has 0 saturated carbocycles. The van der Waals surface area contributed by atoms with E-state index in [4.69, 9.17) is 0 Å². The van der Waals surface area contributed by atoms with E-state index < -0.39 is 17.9 Å². The largest absolute Gasteiger partial charge is 0.317 e. The molecule has 2 rings (SSSR count). The number of pyridine rings is 1. The molecule has 1 atom stereocenters. The molecule has 0 bridgehead atoms. The van der Waals surface area contributed by atoms with Crippen LogP contribution in [-0.2, 0) is 9.59 Å². The highest BCUT2D eigenvalue weighted by atomic mass is 32.2. The second-order valence-corrected chi connectivity index (χ2v) is 4.88. The molecule has 6 nitrogen and oxygen atoms in total. The van der Waals surface area contributed by atoms with Crippen molar-refractivity contribution in [2.75, 3.05) is 12.8 Å². The predicted molar refractivity (Wildman–Crippen MR) is 69.7 cm³/mol. The molecule has 1 fully saturated rings. The number of nitrogens with zero attached hydrogens (tertiary/aromatic N) is 2. The summed E-state index contributed by atoms with van der Waals surface area (Å²) in [5, 5.41) is 2.78. The molecule has 0 radical (unpaired) electrons. The summed E-state index contributed by atoms with van der Waals surface area (Å²) < 4.78 is 0. The first kappa shape index (κ1) is 13.5. The Morgan fingerprint density at radius 3 is 2.95 bits per heavy atom. The summed E-state index contributed by atoms with van der Waals surface area (Å²) in [6.07, 6.45) is 3.41. The lowest BCUT2D eigenvalue weighted by Crippen LogP contribution is -2.58. The first-order chi connectivity index (χ1) is 9.04. The Hall–Kier alpha value is -1.89. The van der Waals surface area contributed by atoms with Crippen LogP contribution in [0.25, 0.3) is 0 Å². The highest BCUT2D eigenvalue weighted by Gasteiger charge is 2.34. The van der Waals surface area contributed by atoms with Crippen LogP contribution in [0.3, 0.4) is 0 Å². The molecule has 0 aliphatic carbocycles. The number of hydrogen-bond donors (Lipinski definition) is 1. The van der Waals surface area contributed by atoms with Crippen LogP contribution < -0.4 is 5.32 Å². The van der Waals surface area contributed by atoms with Gasteiger partial charge in [-0.05, 0) is 25.3 Å². The van der Waals surface area contributed by atoms with E-state index in [2.05, 4.69) is 10.3 Å². The number of piperazine rings is 1. The van der Waals surface area contributed by atoms with E-state index in [1.54, 1.807) is 25.3 Å². The second-order valence-electron chi connectivity index (χ2n) is 4.08. The van der Waals surface area contributed by atoms with Gasteiger partial charge in [-0.15, -0.1) is 11.8 Å². The smallest absolute Gasteiger partial charge is 0.257 e. The summed E-state index contributed by atoms with van der Waals surface area (Å²) in [4.78, 5) is 40.7. The van der Waals surface area contributed by atoms with Crippen LogP contribution in [0.15, 0.2) is 23.4 Å². The molecule has 1 aromatic heterocycles. The first-order valence-corrected chi connectivity index (χ1v) is 6.90. The van der Waals surface area contributed by atoms with Crippen molar-refractivity contribution in [3.05, 3.63) is 23.9 Å². The number of amides is 3. The Labute approximate surface area is 114 Å². The molecule has 1 saturated heterocycles. The number of nitrogens with one attached hydrogen (secondary N) is 1. The zero-order valence-electron chi connectivity index (χ0n) is 10.5. The molecule has 0 spiro atoms. The molecule has 1 aromatic rings. The summed E-state index contributed by atoms with van der Waals surface area (Å²) in [5.74, 6) is -1.28. The number of imide groups is 1. The average Bonchev–Trinajstić information content (AvgIpc) is 2.42. The fraction of sp³-hybridized carbons (Fsp3) is 0.333. The van der Waals surface area contributed by atoms with Gasteiger partial charge in [-0.25, -0.2) is 4.98 Å². The van der Waals surface area contributed by atoms with Crippen LogP contribution in [0.5, 0.6) is 0 Å². The minimum Gasteiger partial charge on any atom is -0.317 e. The van der Waals surface area contributed by atoms with E-state index in [1.807, 2.05) is 6.26 Å². The van der Waals surface area contributed by atoms with Crippen LogP contribution in [-0.4, -0.2) is 46.4 Å². The van der Waals surface area contributed by atoms with Gasteiger partial charge in [0.25, 0.3) is 5.91 Å². The van der Waals surface area contributed by atoms with E-state index in [9.17, 15) is 14.4 Å². The minimum absolute atomic E-state index is 0.117. The number of carbonyl (C=O) groups excluding carboxylic acids is 3. The molecule has 1 aliphatic heterocycles. The zero-order valence-corrected chi connectivity index (χ0v) is 11.4. The van der Waals surface area contributed by atoms with Gasteiger partial charge in [0.2, 0.25) is 11.8 Å². The first-order valence-electron chi connectivity index (χ1n) is 5.68. The third-order valence-electron chi connectivity index (χ3n) is 2.88. The Morgan fingerprint density at radius 1 is 1.53 bits per heavy atom. The molecular weight excluding hydrogens is 266 g/mol. The third kappa shape index (κ3) is 2.60. The van der Waals surface area contributed by atoms with E-state index in [0.29, 0.717) is 10.6 Å². The van der Waals surface area contributed by atoms with Crippen LogP contribution in [0.4, 0.5) is 0 Å². The summed E-state index contributed by atoms with van der Waals surface area (Å²) in [6, 6.07) is 2.63. The Kier molecular flexibility index (Phi) is 3.84. The summed E-state index contributed by atoms with van der Waals surface area (Å²) in [7, 11) is 0. The van der Waals surface area contributed by atoms with E-state index in [1.165, 1.54) is 16.7 Å². The van der Waals surface area contributed by atoms with Crippen molar-refractivity contribution in [1.82, 2.24) is 15.2 Å². The fourth-order valence-electron chi connectivity index (χ4n) is 1.83. The Morgan fingerprint density at radius 2 is 2.26 bits per heavy atom. The maximum absolute atomic E-state index is 12.4. The summed E-state index contributed by atoms with van der Waals surface area (Å²) in [5.41, 5.74) is 0.407. The maximum Gasteiger partial charge on any atom is 0.257 e. The lowest BCUT2D eigenvalue weighted by Gasteiger charge is -2.31. The van der Waals surface area contributed by atoms with Gasteiger partial charge in [-0.2, -0.15) is 0 Å². The monoisotopic (exact) mass is 279 g/mol. The molecule has 7 heteroatoms. The van der Waals surface area contributed by atoms with Gasteiger partial charge in [0.15, 0.2) is 0 Å². The molecular formula is C12H13N3O3S. The normalized spacial score (nSPS) is 19.3. The molecule has 1 N–H and O–H groups in total. The molecule has 1 unspecified atom stereocenters. The van der Waals surface area contributed by atoms with Gasteiger partial charge in [-0.1, -0.05) is 0 Å². The summed E-state index contributed by atoms with van der Waals surface area (Å²) in [6.45, 7) is 1.48. The van der Waals surface area contributed by atoms with Crippen molar-refractivity contribution in [1.29, 1.82) is 0 Å². The van der Waals surface area contributed by atoms with Crippen molar-refractivity contribution < 1.29 is 14.4 Å². The quantitative estimate of drug-likeness (QED) is 0.622. The van der Waals surface area contributed by atoms with Crippen molar-refractivity contribution in [2.24, 2.45) is 0 Å². The fourth-order valence-corrected chi connectivity index (χ4v) is 2.37. The van der Waals surface area contributed by atoms with Crippen LogP contribution in [0.1, 0.15) is 17.3 Å². The van der Waals surface area contributed by atoms with Crippen molar-refractivity contribution >= 4 is 29.5 Å². The number of thioether (sulfide) groups is 1. The average molecular weight is 279 g/mol. The van der Waals surface area contributed by atoms with Gasteiger partial charge >= 0.3 is 0 Å². The van der Waals surface area contributed by atoms with Crippen molar-refractivity contribution in [3.63, 3.8) is 0 Å². The number of aromatic nitrogens is 1. The SMILES string of the molecule is CSc1ncccc1C(=O)N1CC(=O)NC(=O)C1C. The number of rotatable bonds is 2. The molecule has 3 amide bonds. The number of hydrogen-bond acceptors (Lipinski definition) is 5. The lowest BCUT2D eigenvalue weighted by molar-refractivity contribution is -0.138. The minimum atomic E-state index is -0.667.